The van der Waals surface area contributed by atoms with E-state index in [-0.39, 0.29) is 0 Å². The molecule has 0 amide bonds. The summed E-state index contributed by atoms with van der Waals surface area (Å²) in [5.41, 5.74) is 0. The lowest BCUT2D eigenvalue weighted by atomic mass is 10.0. The third kappa shape index (κ3) is 14.2. The Morgan fingerprint density at radius 3 is 0.864 bits per heavy atom. The highest BCUT2D eigenvalue weighted by molar-refractivity contribution is 5.10. The molecular formula is C22H38. The van der Waals surface area contributed by atoms with Gasteiger partial charge in [0.1, 0.15) is 0 Å². The highest BCUT2D eigenvalue weighted by atomic mass is 14.0. The van der Waals surface area contributed by atoms with E-state index in [2.05, 4.69) is 36.5 Å². The fraction of sp³-hybridized carbons (Fsp3) is 0.727. The van der Waals surface area contributed by atoms with Gasteiger partial charge in [-0.2, -0.15) is 0 Å². The molecule has 0 fully saturated rings. The summed E-state index contributed by atoms with van der Waals surface area (Å²) in [6.07, 6.45) is 36.0. The fourth-order valence-corrected chi connectivity index (χ4v) is 3.12. The van der Waals surface area contributed by atoms with Crippen LogP contribution in [0.3, 0.4) is 0 Å². The van der Waals surface area contributed by atoms with E-state index in [9.17, 15) is 0 Å². The lowest BCUT2D eigenvalue weighted by Gasteiger charge is -2.03. The van der Waals surface area contributed by atoms with Crippen molar-refractivity contribution >= 4 is 0 Å². The quantitative estimate of drug-likeness (QED) is 0.426. The maximum atomic E-state index is 2.32. The Morgan fingerprint density at radius 1 is 0.273 bits per heavy atom. The number of rotatable bonds is 0. The molecule has 0 heteroatoms. The zero-order valence-corrected chi connectivity index (χ0v) is 14.8. The van der Waals surface area contributed by atoms with Crippen LogP contribution in [-0.2, 0) is 0 Å². The molecule has 0 N–H and O–H groups in total. The zero-order chi connectivity index (χ0) is 15.6. The molecule has 1 aliphatic rings. The van der Waals surface area contributed by atoms with Crippen molar-refractivity contribution in [2.75, 3.05) is 0 Å². The van der Waals surface area contributed by atoms with E-state index in [1.807, 2.05) is 0 Å². The summed E-state index contributed by atoms with van der Waals surface area (Å²) in [5, 5.41) is 0. The van der Waals surface area contributed by atoms with Crippen LogP contribution in [0.4, 0.5) is 0 Å². The SMILES string of the molecule is C1=CCCCCCCCCCCCCCCCC/C=C\C=C\1. The average molecular weight is 303 g/mol. The van der Waals surface area contributed by atoms with Crippen molar-refractivity contribution in [2.45, 2.75) is 103 Å². The topological polar surface area (TPSA) is 0 Å². The van der Waals surface area contributed by atoms with Gasteiger partial charge < -0.3 is 0 Å². The first kappa shape index (κ1) is 19.3. The highest BCUT2D eigenvalue weighted by Crippen LogP contribution is 2.14. The second kappa shape index (κ2) is 16.6. The summed E-state index contributed by atoms with van der Waals surface area (Å²) in [6.45, 7) is 0. The standard InChI is InChI=1S/C22H38/c1-2-4-6-8-10-12-14-16-18-20-22-21-19-17-15-13-11-9-7-5-3-1/h1-6H,7-22H2/b2-1+,5-3-,6-4?. The van der Waals surface area contributed by atoms with Gasteiger partial charge >= 0.3 is 0 Å². The highest BCUT2D eigenvalue weighted by Gasteiger charge is 1.94. The van der Waals surface area contributed by atoms with Crippen LogP contribution in [0.1, 0.15) is 103 Å². The summed E-state index contributed by atoms with van der Waals surface area (Å²) >= 11 is 0. The molecule has 0 aromatic rings. The van der Waals surface area contributed by atoms with Crippen LogP contribution in [0.15, 0.2) is 36.5 Å². The first-order valence-corrected chi connectivity index (χ1v) is 9.98. The Balaban J connectivity index is 2.16. The Labute approximate surface area is 139 Å². The summed E-state index contributed by atoms with van der Waals surface area (Å²) in [5.74, 6) is 0. The number of allylic oxidation sites excluding steroid dienone is 6. The van der Waals surface area contributed by atoms with Crippen molar-refractivity contribution in [3.63, 3.8) is 0 Å². The van der Waals surface area contributed by atoms with E-state index in [0.29, 0.717) is 0 Å². The van der Waals surface area contributed by atoms with Crippen molar-refractivity contribution in [1.29, 1.82) is 0 Å². The minimum atomic E-state index is 1.24. The molecule has 0 nitrogen and oxygen atoms in total. The van der Waals surface area contributed by atoms with Crippen molar-refractivity contribution in [1.82, 2.24) is 0 Å². The predicted molar refractivity (Wildman–Crippen MR) is 101 cm³/mol. The zero-order valence-electron chi connectivity index (χ0n) is 14.8. The molecule has 0 aliphatic heterocycles. The lowest BCUT2D eigenvalue weighted by molar-refractivity contribution is 0.534. The molecule has 1 aliphatic carbocycles. The molecule has 0 unspecified atom stereocenters. The lowest BCUT2D eigenvalue weighted by Crippen LogP contribution is -1.83. The number of hydrogen-bond acceptors (Lipinski definition) is 0. The fourth-order valence-electron chi connectivity index (χ4n) is 3.12. The molecule has 0 atom stereocenters. The molecule has 0 heterocycles. The summed E-state index contributed by atoms with van der Waals surface area (Å²) in [6, 6.07) is 0. The molecule has 0 aromatic carbocycles. The first-order valence-electron chi connectivity index (χ1n) is 9.98. The first-order chi connectivity index (χ1) is 11.0. The van der Waals surface area contributed by atoms with Gasteiger partial charge in [-0.3, -0.25) is 0 Å². The van der Waals surface area contributed by atoms with E-state index in [1.54, 1.807) is 0 Å². The van der Waals surface area contributed by atoms with Gasteiger partial charge in [0.15, 0.2) is 0 Å². The maximum Gasteiger partial charge on any atom is -0.0348 e. The molecule has 1 rings (SSSR count). The van der Waals surface area contributed by atoms with Crippen LogP contribution in [-0.4, -0.2) is 0 Å². The third-order valence-electron chi connectivity index (χ3n) is 4.60. The Hall–Kier alpha value is -0.780. The van der Waals surface area contributed by atoms with E-state index >= 15 is 0 Å². The molecular weight excluding hydrogens is 264 g/mol. The monoisotopic (exact) mass is 302 g/mol. The van der Waals surface area contributed by atoms with Crippen LogP contribution in [0.25, 0.3) is 0 Å². The van der Waals surface area contributed by atoms with Gasteiger partial charge in [0.25, 0.3) is 0 Å². The van der Waals surface area contributed by atoms with Crippen LogP contribution in [0, 0.1) is 0 Å². The van der Waals surface area contributed by atoms with Gasteiger partial charge in [0.05, 0.1) is 0 Å². The van der Waals surface area contributed by atoms with Gasteiger partial charge in [0.2, 0.25) is 0 Å². The van der Waals surface area contributed by atoms with Gasteiger partial charge in [-0.1, -0.05) is 114 Å². The van der Waals surface area contributed by atoms with Crippen LogP contribution < -0.4 is 0 Å². The second-order valence-electron chi connectivity index (χ2n) is 6.77. The molecule has 0 radical (unpaired) electrons. The molecule has 0 saturated heterocycles. The molecule has 126 valence electrons. The van der Waals surface area contributed by atoms with Crippen LogP contribution in [0.2, 0.25) is 0 Å². The predicted octanol–water partition coefficient (Wildman–Crippen LogP) is 7.91. The Bertz CT molecular complexity index is 265. The van der Waals surface area contributed by atoms with Crippen molar-refractivity contribution in [2.24, 2.45) is 0 Å². The maximum absolute atomic E-state index is 2.32. The van der Waals surface area contributed by atoms with Gasteiger partial charge in [0, 0.05) is 0 Å². The summed E-state index contributed by atoms with van der Waals surface area (Å²) < 4.78 is 0. The molecule has 0 saturated carbocycles. The van der Waals surface area contributed by atoms with Crippen molar-refractivity contribution in [3.8, 4) is 0 Å². The van der Waals surface area contributed by atoms with Crippen molar-refractivity contribution in [3.05, 3.63) is 36.5 Å². The minimum Gasteiger partial charge on any atom is -0.0845 e. The number of hydrogen-bond donors (Lipinski definition) is 0. The van der Waals surface area contributed by atoms with Crippen molar-refractivity contribution < 1.29 is 0 Å². The van der Waals surface area contributed by atoms with Gasteiger partial charge in [-0.25, -0.2) is 0 Å². The summed E-state index contributed by atoms with van der Waals surface area (Å²) in [4.78, 5) is 0. The smallest absolute Gasteiger partial charge is 0.0348 e. The Morgan fingerprint density at radius 2 is 0.545 bits per heavy atom. The van der Waals surface area contributed by atoms with Gasteiger partial charge in [-0.15, -0.1) is 0 Å². The summed E-state index contributed by atoms with van der Waals surface area (Å²) in [7, 11) is 0. The van der Waals surface area contributed by atoms with Gasteiger partial charge in [-0.05, 0) is 25.7 Å². The minimum absolute atomic E-state index is 1.24. The van der Waals surface area contributed by atoms with E-state index < -0.39 is 0 Å². The molecule has 0 aromatic heterocycles. The van der Waals surface area contributed by atoms with E-state index in [1.165, 1.54) is 103 Å². The molecule has 22 heavy (non-hydrogen) atoms. The molecule has 0 bridgehead atoms. The normalized spacial score (nSPS) is 24.7. The Kier molecular flexibility index (Phi) is 14.5. The molecule has 0 spiro atoms. The van der Waals surface area contributed by atoms with E-state index in [0.717, 1.165) is 0 Å². The van der Waals surface area contributed by atoms with Crippen LogP contribution >= 0.6 is 0 Å². The third-order valence-corrected chi connectivity index (χ3v) is 4.60. The second-order valence-corrected chi connectivity index (χ2v) is 6.77. The van der Waals surface area contributed by atoms with Crippen LogP contribution in [0.5, 0.6) is 0 Å². The largest absolute Gasteiger partial charge is 0.0845 e. The van der Waals surface area contributed by atoms with E-state index in [4.69, 9.17) is 0 Å². The average Bonchev–Trinajstić information content (AvgIpc) is 2.53.